The highest BCUT2D eigenvalue weighted by molar-refractivity contribution is 7.22. The maximum absolute atomic E-state index is 12.9. The molecule has 4 rings (SSSR count). The van der Waals surface area contributed by atoms with Gasteiger partial charge in [0, 0.05) is 27.7 Å². The van der Waals surface area contributed by atoms with Gasteiger partial charge >= 0.3 is 0 Å². The zero-order valence-corrected chi connectivity index (χ0v) is 17.8. The van der Waals surface area contributed by atoms with E-state index in [9.17, 15) is 35.0 Å². The van der Waals surface area contributed by atoms with Crippen LogP contribution in [0.2, 0.25) is 0 Å². The molecule has 0 saturated carbocycles. The van der Waals surface area contributed by atoms with Crippen molar-refractivity contribution in [1.82, 2.24) is 4.98 Å². The molecule has 11 heteroatoms. The van der Waals surface area contributed by atoms with Crippen LogP contribution in [-0.2, 0) is 13.2 Å². The van der Waals surface area contributed by atoms with Crippen LogP contribution >= 0.6 is 11.3 Å². The highest BCUT2D eigenvalue weighted by Gasteiger charge is 2.25. The lowest BCUT2D eigenvalue weighted by Crippen LogP contribution is -2.16. The number of nitro groups is 1. The molecule has 33 heavy (non-hydrogen) atoms. The molecule has 2 aromatic heterocycles. The molecule has 0 atom stereocenters. The van der Waals surface area contributed by atoms with Gasteiger partial charge in [0.05, 0.1) is 34.2 Å². The van der Waals surface area contributed by atoms with Gasteiger partial charge in [0.15, 0.2) is 5.78 Å². The first kappa shape index (κ1) is 22.4. The Morgan fingerprint density at radius 3 is 2.42 bits per heavy atom. The van der Waals surface area contributed by atoms with Crippen molar-refractivity contribution in [2.75, 3.05) is 11.9 Å². The van der Waals surface area contributed by atoms with E-state index in [0.717, 1.165) is 11.3 Å². The van der Waals surface area contributed by atoms with Gasteiger partial charge in [-0.15, -0.1) is 11.3 Å². The molecule has 0 unspecified atom stereocenters. The molecule has 168 valence electrons. The fourth-order valence-corrected chi connectivity index (χ4v) is 4.74. The average molecular weight is 467 g/mol. The number of para-hydroxylation sites is 1. The Hall–Kier alpha value is -3.77. The minimum Gasteiger partial charge on any atom is -0.392 e. The van der Waals surface area contributed by atoms with Gasteiger partial charge in [-0.3, -0.25) is 24.7 Å². The molecule has 4 N–H and O–H groups in total. The van der Waals surface area contributed by atoms with Gasteiger partial charge in [-0.1, -0.05) is 12.1 Å². The standard InChI is InChI=1S/C22H17N3O7S/c26-8-11-5-14-16(6-12(11)9-27)23-7-15-19(21(18(29)10-28)33-20(14)15)24-22(30)13-3-1-2-4-17(13)25(31)32/h1-7,26-28H,8-10H2,(H,24,30). The number of fused-ring (bicyclic) bond motifs is 3. The fraction of sp³-hybridized carbons (Fsp3) is 0.136. The van der Waals surface area contributed by atoms with Crippen LogP contribution < -0.4 is 5.32 Å². The summed E-state index contributed by atoms with van der Waals surface area (Å²) in [6, 6.07) is 8.69. The van der Waals surface area contributed by atoms with E-state index < -0.39 is 28.9 Å². The third kappa shape index (κ3) is 3.94. The molecule has 10 nitrogen and oxygen atoms in total. The Morgan fingerprint density at radius 1 is 1.06 bits per heavy atom. The maximum Gasteiger partial charge on any atom is 0.282 e. The van der Waals surface area contributed by atoms with E-state index in [2.05, 4.69) is 10.3 Å². The van der Waals surface area contributed by atoms with Crippen LogP contribution in [0.15, 0.2) is 42.6 Å². The van der Waals surface area contributed by atoms with Crippen molar-refractivity contribution in [3.05, 3.63) is 74.3 Å². The number of hydrogen-bond donors (Lipinski definition) is 4. The fourth-order valence-electron chi connectivity index (χ4n) is 3.56. The number of nitrogens with zero attached hydrogens (tertiary/aromatic N) is 2. The van der Waals surface area contributed by atoms with Crippen LogP contribution in [-0.4, -0.2) is 43.5 Å². The van der Waals surface area contributed by atoms with Crippen LogP contribution in [0.25, 0.3) is 21.0 Å². The summed E-state index contributed by atoms with van der Waals surface area (Å²) in [4.78, 5) is 40.4. The number of benzene rings is 2. The van der Waals surface area contributed by atoms with Gasteiger partial charge < -0.3 is 20.6 Å². The van der Waals surface area contributed by atoms with Crippen molar-refractivity contribution in [2.24, 2.45) is 0 Å². The van der Waals surface area contributed by atoms with Crippen molar-refractivity contribution in [3.63, 3.8) is 0 Å². The first-order valence-electron chi connectivity index (χ1n) is 9.67. The minimum atomic E-state index is -0.802. The summed E-state index contributed by atoms with van der Waals surface area (Å²) in [6.07, 6.45) is 1.44. The van der Waals surface area contributed by atoms with E-state index in [0.29, 0.717) is 32.1 Å². The summed E-state index contributed by atoms with van der Waals surface area (Å²) >= 11 is 1.02. The molecule has 0 aliphatic carbocycles. The van der Waals surface area contributed by atoms with Crippen LogP contribution in [0.1, 0.15) is 31.2 Å². The van der Waals surface area contributed by atoms with E-state index in [4.69, 9.17) is 0 Å². The number of ketones is 1. The van der Waals surface area contributed by atoms with Gasteiger partial charge in [0.2, 0.25) is 0 Å². The summed E-state index contributed by atoms with van der Waals surface area (Å²) in [5, 5.41) is 43.5. The predicted octanol–water partition coefficient (Wildman–Crippen LogP) is 2.77. The van der Waals surface area contributed by atoms with Crippen LogP contribution in [0.5, 0.6) is 0 Å². The normalized spacial score (nSPS) is 11.1. The average Bonchev–Trinajstić information content (AvgIpc) is 3.20. The number of aliphatic hydroxyl groups excluding tert-OH is 3. The number of amides is 1. The Kier molecular flexibility index (Phi) is 6.11. The topological polar surface area (TPSA) is 163 Å². The summed E-state index contributed by atoms with van der Waals surface area (Å²) < 4.78 is 0.564. The Morgan fingerprint density at radius 2 is 1.76 bits per heavy atom. The quantitative estimate of drug-likeness (QED) is 0.183. The molecule has 0 aliphatic rings. The number of thiophene rings is 1. The number of hydrogen-bond acceptors (Lipinski definition) is 9. The molecule has 0 radical (unpaired) electrons. The van der Waals surface area contributed by atoms with E-state index >= 15 is 0 Å². The molecule has 0 fully saturated rings. The number of pyridine rings is 1. The Labute approximate surface area is 189 Å². The number of Topliss-reactive ketones (excluding diaryl/α,β-unsaturated/α-hetero) is 1. The monoisotopic (exact) mass is 467 g/mol. The van der Waals surface area contributed by atoms with Crippen molar-refractivity contribution in [3.8, 4) is 0 Å². The number of nitro benzene ring substituents is 1. The van der Waals surface area contributed by atoms with Crippen molar-refractivity contribution in [2.45, 2.75) is 13.2 Å². The Bertz CT molecular complexity index is 1430. The lowest BCUT2D eigenvalue weighted by Gasteiger charge is -2.09. The number of rotatable bonds is 7. The number of nitrogens with one attached hydrogen (secondary N) is 1. The second-order valence-corrected chi connectivity index (χ2v) is 8.09. The number of carbonyl (C=O) groups is 2. The Balaban J connectivity index is 1.92. The molecule has 4 aromatic rings. The molecular weight excluding hydrogens is 450 g/mol. The van der Waals surface area contributed by atoms with Crippen molar-refractivity contribution < 1.29 is 29.8 Å². The molecule has 0 saturated heterocycles. The third-order valence-corrected chi connectivity index (χ3v) is 6.44. The number of aliphatic hydroxyl groups is 3. The van der Waals surface area contributed by atoms with Gasteiger partial charge in [-0.25, -0.2) is 0 Å². The second kappa shape index (κ2) is 9.00. The van der Waals surface area contributed by atoms with Crippen LogP contribution in [0.3, 0.4) is 0 Å². The smallest absolute Gasteiger partial charge is 0.282 e. The van der Waals surface area contributed by atoms with E-state index in [1.165, 1.54) is 30.5 Å². The lowest BCUT2D eigenvalue weighted by molar-refractivity contribution is -0.385. The predicted molar refractivity (Wildman–Crippen MR) is 121 cm³/mol. The second-order valence-electron chi connectivity index (χ2n) is 7.07. The van der Waals surface area contributed by atoms with Crippen LogP contribution in [0, 0.1) is 10.1 Å². The SMILES string of the molecule is O=C(Nc1c(C(=O)CO)sc2c1cnc1cc(CO)c(CO)cc12)c1ccccc1[N+](=O)[O-]. The highest BCUT2D eigenvalue weighted by Crippen LogP contribution is 2.40. The van der Waals surface area contributed by atoms with E-state index in [1.807, 2.05) is 0 Å². The highest BCUT2D eigenvalue weighted by atomic mass is 32.1. The molecule has 0 aliphatic heterocycles. The molecule has 2 heterocycles. The van der Waals surface area contributed by atoms with Crippen molar-refractivity contribution in [1.29, 1.82) is 0 Å². The van der Waals surface area contributed by atoms with Gasteiger partial charge in [-0.05, 0) is 29.3 Å². The summed E-state index contributed by atoms with van der Waals surface area (Å²) in [5.41, 5.74) is 0.997. The number of aromatic nitrogens is 1. The van der Waals surface area contributed by atoms with Crippen LogP contribution in [0.4, 0.5) is 11.4 Å². The summed E-state index contributed by atoms with van der Waals surface area (Å²) in [5.74, 6) is -1.43. The lowest BCUT2D eigenvalue weighted by atomic mass is 10.0. The largest absolute Gasteiger partial charge is 0.392 e. The van der Waals surface area contributed by atoms with Gasteiger partial charge in [0.1, 0.15) is 12.2 Å². The van der Waals surface area contributed by atoms with E-state index in [-0.39, 0.29) is 29.3 Å². The van der Waals surface area contributed by atoms with Gasteiger partial charge in [-0.2, -0.15) is 0 Å². The molecule has 2 aromatic carbocycles. The zero-order valence-electron chi connectivity index (χ0n) is 16.9. The molecule has 1 amide bonds. The van der Waals surface area contributed by atoms with E-state index in [1.54, 1.807) is 12.1 Å². The zero-order chi connectivity index (χ0) is 23.7. The number of carbonyl (C=O) groups excluding carboxylic acids is 2. The molecule has 0 spiro atoms. The summed E-state index contributed by atoms with van der Waals surface area (Å²) in [6.45, 7) is -1.41. The molecule has 0 bridgehead atoms. The minimum absolute atomic E-state index is 0.0607. The first-order valence-corrected chi connectivity index (χ1v) is 10.5. The third-order valence-electron chi connectivity index (χ3n) is 5.16. The maximum atomic E-state index is 12.9. The summed E-state index contributed by atoms with van der Waals surface area (Å²) in [7, 11) is 0. The molecular formula is C22H17N3O7S. The first-order chi connectivity index (χ1) is 15.9. The van der Waals surface area contributed by atoms with Crippen molar-refractivity contribution >= 4 is 55.4 Å². The van der Waals surface area contributed by atoms with Gasteiger partial charge in [0.25, 0.3) is 11.6 Å². The number of anilines is 1.